The summed E-state index contributed by atoms with van der Waals surface area (Å²) < 4.78 is 6.15. The second kappa shape index (κ2) is 6.04. The van der Waals surface area contributed by atoms with Crippen molar-refractivity contribution in [3.05, 3.63) is 29.1 Å². The van der Waals surface area contributed by atoms with Gasteiger partial charge in [0.15, 0.2) is 0 Å². The minimum atomic E-state index is -0.0522. The molecular weight excluding hydrogens is 260 g/mol. The molecule has 2 aromatic rings. The largest absolute Gasteiger partial charge is 0.399 e. The molecule has 0 saturated heterocycles. The van der Waals surface area contributed by atoms with Crippen molar-refractivity contribution < 1.29 is 9.53 Å². The zero-order valence-corrected chi connectivity index (χ0v) is 11.9. The first-order valence-electron chi connectivity index (χ1n) is 6.23. The number of nitrogen functional groups attached to an aromatic ring is 1. The summed E-state index contributed by atoms with van der Waals surface area (Å²) in [5, 5.41) is 3.98. The van der Waals surface area contributed by atoms with Gasteiger partial charge in [0, 0.05) is 17.5 Å². The van der Waals surface area contributed by atoms with Crippen LogP contribution < -0.4 is 11.1 Å². The van der Waals surface area contributed by atoms with Gasteiger partial charge in [-0.05, 0) is 36.1 Å². The first-order valence-corrected chi connectivity index (χ1v) is 7.04. The van der Waals surface area contributed by atoms with Crippen molar-refractivity contribution in [1.82, 2.24) is 5.32 Å². The molecule has 1 unspecified atom stereocenters. The van der Waals surface area contributed by atoms with E-state index in [1.165, 1.54) is 11.3 Å². The summed E-state index contributed by atoms with van der Waals surface area (Å²) in [6.07, 6.45) is 0.845. The van der Waals surface area contributed by atoms with Crippen LogP contribution in [0.4, 0.5) is 5.69 Å². The molecule has 0 fully saturated rings. The van der Waals surface area contributed by atoms with E-state index < -0.39 is 0 Å². The Balaban J connectivity index is 2.17. The van der Waals surface area contributed by atoms with Gasteiger partial charge in [-0.2, -0.15) is 0 Å². The van der Waals surface area contributed by atoms with Crippen molar-refractivity contribution in [1.29, 1.82) is 0 Å². The van der Waals surface area contributed by atoms with Crippen LogP contribution in [0.2, 0.25) is 0 Å². The minimum absolute atomic E-state index is 0.0489. The quantitative estimate of drug-likeness (QED) is 0.826. The third kappa shape index (κ3) is 3.24. The van der Waals surface area contributed by atoms with Crippen LogP contribution in [0.15, 0.2) is 24.3 Å². The van der Waals surface area contributed by atoms with E-state index >= 15 is 0 Å². The molecule has 0 aliphatic heterocycles. The molecule has 1 amide bonds. The van der Waals surface area contributed by atoms with E-state index in [-0.39, 0.29) is 11.9 Å². The molecule has 1 aromatic heterocycles. The van der Waals surface area contributed by atoms with E-state index in [0.717, 1.165) is 16.5 Å². The fraction of sp³-hybridized carbons (Fsp3) is 0.357. The highest BCUT2D eigenvalue weighted by molar-refractivity contribution is 7.20. The molecule has 4 nitrogen and oxygen atoms in total. The fourth-order valence-corrected chi connectivity index (χ4v) is 2.84. The Kier molecular flexibility index (Phi) is 4.39. The molecule has 1 aromatic carbocycles. The lowest BCUT2D eigenvalue weighted by Gasteiger charge is -2.14. The minimum Gasteiger partial charge on any atom is -0.399 e. The molecule has 2 rings (SSSR count). The molecule has 5 heteroatoms. The van der Waals surface area contributed by atoms with Crippen LogP contribution in [0.5, 0.6) is 0 Å². The molecule has 3 N–H and O–H groups in total. The number of nitrogens with two attached hydrogens (primary N) is 1. The standard InChI is InChI=1S/C14H18N2O2S/c1-3-11(8-18-2)16-14(17)13-7-9-6-10(15)4-5-12(9)19-13/h4-7,11H,3,8,15H2,1-2H3,(H,16,17). The summed E-state index contributed by atoms with van der Waals surface area (Å²) in [4.78, 5) is 12.9. The number of thiophene rings is 1. The average molecular weight is 278 g/mol. The highest BCUT2D eigenvalue weighted by atomic mass is 32.1. The second-order valence-corrected chi connectivity index (χ2v) is 5.53. The molecule has 19 heavy (non-hydrogen) atoms. The van der Waals surface area contributed by atoms with Gasteiger partial charge in [-0.3, -0.25) is 4.79 Å². The highest BCUT2D eigenvalue weighted by Crippen LogP contribution is 2.27. The van der Waals surface area contributed by atoms with E-state index in [1.54, 1.807) is 7.11 Å². The summed E-state index contributed by atoms with van der Waals surface area (Å²) in [7, 11) is 1.64. The van der Waals surface area contributed by atoms with Gasteiger partial charge < -0.3 is 15.8 Å². The smallest absolute Gasteiger partial charge is 0.261 e. The molecule has 0 spiro atoms. The number of carbonyl (C=O) groups is 1. The maximum atomic E-state index is 12.2. The number of nitrogens with one attached hydrogen (secondary N) is 1. The monoisotopic (exact) mass is 278 g/mol. The predicted molar refractivity (Wildman–Crippen MR) is 79.7 cm³/mol. The summed E-state index contributed by atoms with van der Waals surface area (Å²) in [6, 6.07) is 7.60. The van der Waals surface area contributed by atoms with Crippen LogP contribution in [-0.2, 0) is 4.74 Å². The van der Waals surface area contributed by atoms with Gasteiger partial charge in [0.05, 0.1) is 17.5 Å². The van der Waals surface area contributed by atoms with E-state index in [0.29, 0.717) is 17.2 Å². The lowest BCUT2D eigenvalue weighted by atomic mass is 10.2. The molecule has 0 bridgehead atoms. The summed E-state index contributed by atoms with van der Waals surface area (Å²) in [5.41, 5.74) is 6.45. The van der Waals surface area contributed by atoms with Gasteiger partial charge in [-0.1, -0.05) is 6.92 Å². The van der Waals surface area contributed by atoms with Gasteiger partial charge >= 0.3 is 0 Å². The maximum absolute atomic E-state index is 12.2. The van der Waals surface area contributed by atoms with Crippen molar-refractivity contribution in [2.45, 2.75) is 19.4 Å². The van der Waals surface area contributed by atoms with Crippen molar-refractivity contribution in [3.8, 4) is 0 Å². The normalized spacial score (nSPS) is 12.5. The van der Waals surface area contributed by atoms with Crippen molar-refractivity contribution in [2.24, 2.45) is 0 Å². The Labute approximate surface area is 116 Å². The number of ether oxygens (including phenoxy) is 1. The third-order valence-electron chi connectivity index (χ3n) is 2.96. The number of hydrogen-bond acceptors (Lipinski definition) is 4. The number of amides is 1. The van der Waals surface area contributed by atoms with Crippen molar-refractivity contribution in [3.63, 3.8) is 0 Å². The number of benzene rings is 1. The summed E-state index contributed by atoms with van der Waals surface area (Å²) in [5.74, 6) is -0.0522. The first-order chi connectivity index (χ1) is 9.13. The van der Waals surface area contributed by atoms with Crippen LogP contribution in [0.3, 0.4) is 0 Å². The van der Waals surface area contributed by atoms with Crippen molar-refractivity contribution in [2.75, 3.05) is 19.5 Å². The Hall–Kier alpha value is -1.59. The van der Waals surface area contributed by atoms with Crippen LogP contribution in [-0.4, -0.2) is 25.7 Å². The zero-order valence-electron chi connectivity index (χ0n) is 11.1. The van der Waals surface area contributed by atoms with Gasteiger partial charge in [0.1, 0.15) is 0 Å². The summed E-state index contributed by atoms with van der Waals surface area (Å²) >= 11 is 1.48. The fourth-order valence-electron chi connectivity index (χ4n) is 1.89. The second-order valence-electron chi connectivity index (χ2n) is 4.44. The van der Waals surface area contributed by atoms with Crippen LogP contribution in [0.1, 0.15) is 23.0 Å². The third-order valence-corrected chi connectivity index (χ3v) is 4.07. The number of rotatable bonds is 5. The van der Waals surface area contributed by atoms with Gasteiger partial charge in [0.2, 0.25) is 0 Å². The van der Waals surface area contributed by atoms with Gasteiger partial charge in [-0.15, -0.1) is 11.3 Å². The lowest BCUT2D eigenvalue weighted by Crippen LogP contribution is -2.37. The molecule has 102 valence electrons. The van der Waals surface area contributed by atoms with Gasteiger partial charge in [0.25, 0.3) is 5.91 Å². The Morgan fingerprint density at radius 2 is 2.26 bits per heavy atom. The first kappa shape index (κ1) is 13.8. The van der Waals surface area contributed by atoms with Crippen LogP contribution in [0.25, 0.3) is 10.1 Å². The maximum Gasteiger partial charge on any atom is 0.261 e. The Morgan fingerprint density at radius 1 is 1.47 bits per heavy atom. The number of fused-ring (bicyclic) bond motifs is 1. The average Bonchev–Trinajstić information content (AvgIpc) is 2.81. The van der Waals surface area contributed by atoms with E-state index in [9.17, 15) is 4.79 Å². The van der Waals surface area contributed by atoms with E-state index in [4.69, 9.17) is 10.5 Å². The Bertz CT molecular complexity index is 580. The molecule has 0 aliphatic rings. The van der Waals surface area contributed by atoms with E-state index in [1.807, 2.05) is 31.2 Å². The van der Waals surface area contributed by atoms with E-state index in [2.05, 4.69) is 5.32 Å². The number of hydrogen-bond donors (Lipinski definition) is 2. The van der Waals surface area contributed by atoms with Crippen molar-refractivity contribution >= 4 is 33.0 Å². The zero-order chi connectivity index (χ0) is 13.8. The molecule has 0 radical (unpaired) electrons. The topological polar surface area (TPSA) is 64.3 Å². The molecule has 0 saturated carbocycles. The molecule has 1 atom stereocenters. The molecule has 0 aliphatic carbocycles. The molecular formula is C14H18N2O2S. The number of methoxy groups -OCH3 is 1. The lowest BCUT2D eigenvalue weighted by molar-refractivity contribution is 0.0899. The SMILES string of the molecule is CCC(COC)NC(=O)c1cc2cc(N)ccc2s1. The Morgan fingerprint density at radius 3 is 2.95 bits per heavy atom. The summed E-state index contributed by atoms with van der Waals surface area (Å²) in [6.45, 7) is 2.55. The highest BCUT2D eigenvalue weighted by Gasteiger charge is 2.14. The number of anilines is 1. The molecule has 1 heterocycles. The van der Waals surface area contributed by atoms with Gasteiger partial charge in [-0.25, -0.2) is 0 Å². The predicted octanol–water partition coefficient (Wildman–Crippen LogP) is 2.64. The van der Waals surface area contributed by atoms with Crippen LogP contribution >= 0.6 is 11.3 Å². The van der Waals surface area contributed by atoms with Crippen LogP contribution in [0, 0.1) is 0 Å². The number of carbonyl (C=O) groups excluding carboxylic acids is 1.